The Morgan fingerprint density at radius 1 is 1.12 bits per heavy atom. The molecule has 2 aromatic rings. The van der Waals surface area contributed by atoms with E-state index in [1.165, 1.54) is 5.01 Å². The summed E-state index contributed by atoms with van der Waals surface area (Å²) >= 11 is 2.19. The molecule has 0 atom stereocenters. The zero-order chi connectivity index (χ0) is 17.8. The van der Waals surface area contributed by atoms with Gasteiger partial charge in [-0.2, -0.15) is 0 Å². The second kappa shape index (κ2) is 7.69. The SMILES string of the molecule is CCCOc1ccccc1/C=C1/C(=O)NN(c2ccc(I)cc2)C1=O. The molecule has 25 heavy (non-hydrogen) atoms. The third-order valence-corrected chi connectivity index (χ3v) is 4.38. The molecule has 0 unspecified atom stereocenters. The fourth-order valence-corrected chi connectivity index (χ4v) is 2.79. The summed E-state index contributed by atoms with van der Waals surface area (Å²) < 4.78 is 6.74. The van der Waals surface area contributed by atoms with Crippen molar-refractivity contribution in [1.29, 1.82) is 0 Å². The first-order chi connectivity index (χ1) is 12.1. The summed E-state index contributed by atoms with van der Waals surface area (Å²) in [5.74, 6) is -0.143. The van der Waals surface area contributed by atoms with Gasteiger partial charge in [-0.1, -0.05) is 25.1 Å². The molecule has 6 heteroatoms. The van der Waals surface area contributed by atoms with Crippen LogP contribution < -0.4 is 15.2 Å². The van der Waals surface area contributed by atoms with Crippen molar-refractivity contribution in [3.63, 3.8) is 0 Å². The number of hydrazine groups is 1. The highest BCUT2D eigenvalue weighted by molar-refractivity contribution is 14.1. The van der Waals surface area contributed by atoms with E-state index in [1.807, 2.05) is 43.3 Å². The molecule has 128 valence electrons. The van der Waals surface area contributed by atoms with Crippen molar-refractivity contribution in [2.75, 3.05) is 11.6 Å². The number of hydrogen-bond acceptors (Lipinski definition) is 3. The van der Waals surface area contributed by atoms with Crippen LogP contribution in [0, 0.1) is 3.57 Å². The van der Waals surface area contributed by atoms with Crippen molar-refractivity contribution in [2.24, 2.45) is 0 Å². The van der Waals surface area contributed by atoms with Crippen molar-refractivity contribution in [3.05, 3.63) is 63.2 Å². The van der Waals surface area contributed by atoms with E-state index in [1.54, 1.807) is 18.2 Å². The molecule has 0 aromatic heterocycles. The van der Waals surface area contributed by atoms with Crippen LogP contribution in [0.3, 0.4) is 0 Å². The highest BCUT2D eigenvalue weighted by Crippen LogP contribution is 2.25. The zero-order valence-electron chi connectivity index (χ0n) is 13.7. The van der Waals surface area contributed by atoms with E-state index in [4.69, 9.17) is 4.74 Å². The average Bonchev–Trinajstić information content (AvgIpc) is 2.90. The number of ether oxygens (including phenoxy) is 1. The molecular formula is C19H17IN2O3. The lowest BCUT2D eigenvalue weighted by molar-refractivity contribution is -0.117. The highest BCUT2D eigenvalue weighted by atomic mass is 127. The summed E-state index contributed by atoms with van der Waals surface area (Å²) in [6.07, 6.45) is 2.46. The Balaban J connectivity index is 1.90. The van der Waals surface area contributed by atoms with E-state index in [9.17, 15) is 9.59 Å². The van der Waals surface area contributed by atoms with Gasteiger partial charge in [-0.3, -0.25) is 15.0 Å². The summed E-state index contributed by atoms with van der Waals surface area (Å²) in [5, 5.41) is 1.26. The molecule has 2 aromatic carbocycles. The smallest absolute Gasteiger partial charge is 0.282 e. The minimum Gasteiger partial charge on any atom is -0.493 e. The van der Waals surface area contributed by atoms with Gasteiger partial charge < -0.3 is 4.74 Å². The minimum atomic E-state index is -0.422. The van der Waals surface area contributed by atoms with Crippen LogP contribution in [-0.2, 0) is 9.59 Å². The van der Waals surface area contributed by atoms with Crippen LogP contribution in [-0.4, -0.2) is 18.4 Å². The number of nitrogens with zero attached hydrogens (tertiary/aromatic N) is 1. The number of para-hydroxylation sites is 1. The molecule has 1 aliphatic rings. The molecule has 0 radical (unpaired) electrons. The number of anilines is 1. The van der Waals surface area contributed by atoms with E-state index in [-0.39, 0.29) is 11.5 Å². The predicted molar refractivity (Wildman–Crippen MR) is 105 cm³/mol. The minimum absolute atomic E-state index is 0.0890. The standard InChI is InChI=1S/C19H17IN2O3/c1-2-11-25-17-6-4-3-5-13(17)12-16-18(23)21-22(19(16)24)15-9-7-14(20)8-10-15/h3-10,12H,2,11H2,1H3,(H,21,23)/b16-12-. The number of hydrogen-bond donors (Lipinski definition) is 1. The predicted octanol–water partition coefficient (Wildman–Crippen LogP) is 3.54. The fourth-order valence-electron chi connectivity index (χ4n) is 2.43. The second-order valence-corrected chi connectivity index (χ2v) is 6.75. The maximum atomic E-state index is 12.7. The van der Waals surface area contributed by atoms with Crippen molar-refractivity contribution in [2.45, 2.75) is 13.3 Å². The first kappa shape index (κ1) is 17.5. The summed E-state index contributed by atoms with van der Waals surface area (Å²) in [4.78, 5) is 24.9. The molecule has 1 heterocycles. The molecule has 1 saturated heterocycles. The van der Waals surface area contributed by atoms with Crippen LogP contribution in [0.25, 0.3) is 6.08 Å². The normalized spacial score (nSPS) is 15.6. The molecule has 2 amide bonds. The Hall–Kier alpha value is -2.35. The number of nitrogens with one attached hydrogen (secondary N) is 1. The maximum Gasteiger partial charge on any atom is 0.282 e. The molecule has 1 N–H and O–H groups in total. The number of halogens is 1. The Bertz CT molecular complexity index is 831. The van der Waals surface area contributed by atoms with Crippen molar-refractivity contribution >= 4 is 46.2 Å². The summed E-state index contributed by atoms with van der Waals surface area (Å²) in [6, 6.07) is 14.7. The third-order valence-electron chi connectivity index (χ3n) is 3.66. The van der Waals surface area contributed by atoms with E-state index in [0.717, 1.165) is 9.99 Å². The first-order valence-corrected chi connectivity index (χ1v) is 9.02. The van der Waals surface area contributed by atoms with Crippen molar-refractivity contribution in [3.8, 4) is 5.75 Å². The number of amides is 2. The van der Waals surface area contributed by atoms with Gasteiger partial charge in [0.05, 0.1) is 12.3 Å². The van der Waals surface area contributed by atoms with Gasteiger partial charge >= 0.3 is 0 Å². The molecular weight excluding hydrogens is 431 g/mol. The second-order valence-electron chi connectivity index (χ2n) is 5.50. The monoisotopic (exact) mass is 448 g/mol. The summed E-state index contributed by atoms with van der Waals surface area (Å²) in [7, 11) is 0. The molecule has 0 bridgehead atoms. The Labute approximate surface area is 159 Å². The fraction of sp³-hybridized carbons (Fsp3) is 0.158. The summed E-state index contributed by atoms with van der Waals surface area (Å²) in [6.45, 7) is 2.60. The van der Waals surface area contributed by atoms with E-state index < -0.39 is 5.91 Å². The van der Waals surface area contributed by atoms with E-state index in [2.05, 4.69) is 28.0 Å². The third kappa shape index (κ3) is 3.84. The van der Waals surface area contributed by atoms with E-state index in [0.29, 0.717) is 23.6 Å². The Morgan fingerprint density at radius 2 is 1.84 bits per heavy atom. The van der Waals surface area contributed by atoms with E-state index >= 15 is 0 Å². The van der Waals surface area contributed by atoms with Gasteiger partial charge in [-0.05, 0) is 65.4 Å². The van der Waals surface area contributed by atoms with Crippen LogP contribution in [0.4, 0.5) is 5.69 Å². The van der Waals surface area contributed by atoms with Gasteiger partial charge in [0.25, 0.3) is 11.8 Å². The Morgan fingerprint density at radius 3 is 2.56 bits per heavy atom. The molecule has 3 rings (SSSR count). The molecule has 5 nitrogen and oxygen atoms in total. The van der Waals surface area contributed by atoms with Crippen molar-refractivity contribution in [1.82, 2.24) is 5.43 Å². The topological polar surface area (TPSA) is 58.6 Å². The Kier molecular flexibility index (Phi) is 5.37. The highest BCUT2D eigenvalue weighted by Gasteiger charge is 2.34. The lowest BCUT2D eigenvalue weighted by Crippen LogP contribution is -2.35. The van der Waals surface area contributed by atoms with Gasteiger partial charge in [0.15, 0.2) is 0 Å². The van der Waals surface area contributed by atoms with Gasteiger partial charge in [0.2, 0.25) is 0 Å². The van der Waals surface area contributed by atoms with Gasteiger partial charge in [0, 0.05) is 9.13 Å². The van der Waals surface area contributed by atoms with Gasteiger partial charge in [0.1, 0.15) is 11.3 Å². The zero-order valence-corrected chi connectivity index (χ0v) is 15.8. The maximum absolute atomic E-state index is 12.7. The largest absolute Gasteiger partial charge is 0.493 e. The van der Waals surface area contributed by atoms with Crippen LogP contribution >= 0.6 is 22.6 Å². The van der Waals surface area contributed by atoms with Crippen LogP contribution in [0.1, 0.15) is 18.9 Å². The molecule has 0 saturated carbocycles. The number of rotatable bonds is 5. The first-order valence-electron chi connectivity index (χ1n) is 7.94. The molecule has 1 aliphatic heterocycles. The molecule has 1 fully saturated rings. The van der Waals surface area contributed by atoms with Crippen molar-refractivity contribution < 1.29 is 14.3 Å². The number of carbonyl (C=O) groups excluding carboxylic acids is 2. The lowest BCUT2D eigenvalue weighted by Gasteiger charge is -2.14. The molecule has 0 aliphatic carbocycles. The van der Waals surface area contributed by atoms with Crippen LogP contribution in [0.5, 0.6) is 5.75 Å². The lowest BCUT2D eigenvalue weighted by atomic mass is 10.1. The average molecular weight is 448 g/mol. The molecule has 0 spiro atoms. The summed E-state index contributed by atoms with van der Waals surface area (Å²) in [5.41, 5.74) is 4.02. The number of benzene rings is 2. The number of carbonyl (C=O) groups is 2. The van der Waals surface area contributed by atoms with Gasteiger partial charge in [-0.25, -0.2) is 5.01 Å². The van der Waals surface area contributed by atoms with Gasteiger partial charge in [-0.15, -0.1) is 0 Å². The van der Waals surface area contributed by atoms with Crippen LogP contribution in [0.2, 0.25) is 0 Å². The quantitative estimate of drug-likeness (QED) is 0.433. The van der Waals surface area contributed by atoms with Crippen LogP contribution in [0.15, 0.2) is 54.1 Å².